The van der Waals surface area contributed by atoms with E-state index in [9.17, 15) is 18.3 Å². The van der Waals surface area contributed by atoms with Gasteiger partial charge in [0.05, 0.1) is 4.90 Å². The molecule has 0 heterocycles. The summed E-state index contributed by atoms with van der Waals surface area (Å²) < 4.78 is 27.3. The molecule has 2 unspecified atom stereocenters. The fraction of sp³-hybridized carbons (Fsp3) is 0.500. The van der Waals surface area contributed by atoms with Gasteiger partial charge in [0.2, 0.25) is 10.0 Å². The van der Waals surface area contributed by atoms with Gasteiger partial charge in [0.1, 0.15) is 11.3 Å². The summed E-state index contributed by atoms with van der Waals surface area (Å²) in [6.45, 7) is 3.57. The van der Waals surface area contributed by atoms with Crippen molar-refractivity contribution in [3.63, 3.8) is 0 Å². The van der Waals surface area contributed by atoms with E-state index in [1.54, 1.807) is 0 Å². The van der Waals surface area contributed by atoms with Gasteiger partial charge in [0.15, 0.2) is 0 Å². The van der Waals surface area contributed by atoms with Crippen LogP contribution in [0, 0.1) is 12.8 Å². The molecule has 21 heavy (non-hydrogen) atoms. The fourth-order valence-corrected chi connectivity index (χ4v) is 4.05. The number of hydrogen-bond donors (Lipinski definition) is 3. The summed E-state index contributed by atoms with van der Waals surface area (Å²) in [7, 11) is -3.78. The van der Waals surface area contributed by atoms with Crippen molar-refractivity contribution in [3.05, 3.63) is 23.3 Å². The molecule has 1 aromatic carbocycles. The molecule has 0 aliphatic heterocycles. The molecule has 3 N–H and O–H groups in total. The standard InChI is InChI=1S/C14H19NO5S/c1-3-4-9-6-11(9)15-21(19,20)13-7-10(14(17)18)12(16)5-8(13)2/h5,7,9,11,15-16H,3-4,6H2,1-2H3,(H,17,18). The minimum absolute atomic E-state index is 0.0727. The number of hydrogen-bond acceptors (Lipinski definition) is 4. The predicted octanol–water partition coefficient (Wildman–Crippen LogP) is 1.87. The molecule has 1 aliphatic rings. The fourth-order valence-electron chi connectivity index (χ4n) is 2.48. The maximum atomic E-state index is 12.4. The van der Waals surface area contributed by atoms with Crippen molar-refractivity contribution in [2.24, 2.45) is 5.92 Å². The third kappa shape index (κ3) is 3.36. The Kier molecular flexibility index (Phi) is 4.25. The lowest BCUT2D eigenvalue weighted by atomic mass is 10.1. The molecule has 0 aromatic heterocycles. The number of phenols is 1. The van der Waals surface area contributed by atoms with Crippen LogP contribution < -0.4 is 4.72 Å². The molecule has 1 aromatic rings. The number of carboxylic acids is 1. The highest BCUT2D eigenvalue weighted by molar-refractivity contribution is 7.89. The van der Waals surface area contributed by atoms with Crippen LogP contribution >= 0.6 is 0 Å². The number of aromatic carboxylic acids is 1. The smallest absolute Gasteiger partial charge is 0.339 e. The highest BCUT2D eigenvalue weighted by Gasteiger charge is 2.39. The molecular weight excluding hydrogens is 294 g/mol. The first-order chi connectivity index (χ1) is 9.76. The van der Waals surface area contributed by atoms with E-state index in [1.807, 2.05) is 6.92 Å². The zero-order chi connectivity index (χ0) is 15.8. The van der Waals surface area contributed by atoms with Gasteiger partial charge in [-0.05, 0) is 43.4 Å². The van der Waals surface area contributed by atoms with Crippen LogP contribution in [-0.2, 0) is 10.0 Å². The summed E-state index contributed by atoms with van der Waals surface area (Å²) in [5.74, 6) is -1.44. The zero-order valence-electron chi connectivity index (χ0n) is 12.0. The molecule has 7 heteroatoms. The van der Waals surface area contributed by atoms with Gasteiger partial charge in [0, 0.05) is 6.04 Å². The molecule has 2 atom stereocenters. The average molecular weight is 313 g/mol. The van der Waals surface area contributed by atoms with Crippen molar-refractivity contribution in [2.45, 2.75) is 44.0 Å². The molecule has 2 rings (SSSR count). The van der Waals surface area contributed by atoms with E-state index in [-0.39, 0.29) is 10.9 Å². The van der Waals surface area contributed by atoms with Crippen molar-refractivity contribution in [3.8, 4) is 5.75 Å². The third-order valence-electron chi connectivity index (χ3n) is 3.70. The Morgan fingerprint density at radius 1 is 1.43 bits per heavy atom. The lowest BCUT2D eigenvalue weighted by Crippen LogP contribution is -2.28. The monoisotopic (exact) mass is 313 g/mol. The summed E-state index contributed by atoms with van der Waals surface area (Å²) in [5.41, 5.74) is -0.0976. The van der Waals surface area contributed by atoms with Crippen LogP contribution in [0.5, 0.6) is 5.75 Å². The number of nitrogens with one attached hydrogen (secondary N) is 1. The van der Waals surface area contributed by atoms with Gasteiger partial charge in [-0.15, -0.1) is 0 Å². The highest BCUT2D eigenvalue weighted by atomic mass is 32.2. The van der Waals surface area contributed by atoms with Gasteiger partial charge in [-0.3, -0.25) is 0 Å². The average Bonchev–Trinajstić information content (AvgIpc) is 3.05. The van der Waals surface area contributed by atoms with Crippen LogP contribution in [0.3, 0.4) is 0 Å². The van der Waals surface area contributed by atoms with Crippen molar-refractivity contribution in [1.82, 2.24) is 4.72 Å². The number of carbonyl (C=O) groups is 1. The zero-order valence-corrected chi connectivity index (χ0v) is 12.8. The Labute approximate surface area is 123 Å². The Bertz CT molecular complexity index is 668. The molecule has 116 valence electrons. The largest absolute Gasteiger partial charge is 0.507 e. The number of aromatic hydroxyl groups is 1. The van der Waals surface area contributed by atoms with Gasteiger partial charge < -0.3 is 10.2 Å². The predicted molar refractivity (Wildman–Crippen MR) is 76.9 cm³/mol. The molecule has 0 amide bonds. The van der Waals surface area contributed by atoms with E-state index in [0.717, 1.165) is 31.4 Å². The number of sulfonamides is 1. The number of aryl methyl sites for hydroxylation is 1. The van der Waals surface area contributed by atoms with E-state index in [0.29, 0.717) is 11.5 Å². The maximum absolute atomic E-state index is 12.4. The van der Waals surface area contributed by atoms with E-state index in [2.05, 4.69) is 4.72 Å². The first-order valence-corrected chi connectivity index (χ1v) is 8.33. The summed E-state index contributed by atoms with van der Waals surface area (Å²) >= 11 is 0. The topological polar surface area (TPSA) is 104 Å². The summed E-state index contributed by atoms with van der Waals surface area (Å²) in [4.78, 5) is 10.9. The number of benzene rings is 1. The second kappa shape index (κ2) is 5.65. The molecule has 1 fully saturated rings. The van der Waals surface area contributed by atoms with Crippen molar-refractivity contribution < 1.29 is 23.4 Å². The molecule has 1 saturated carbocycles. The second-order valence-electron chi connectivity index (χ2n) is 5.45. The molecule has 0 bridgehead atoms. The third-order valence-corrected chi connectivity index (χ3v) is 5.33. The van der Waals surface area contributed by atoms with Crippen molar-refractivity contribution in [1.29, 1.82) is 0 Å². The summed E-state index contributed by atoms with van der Waals surface area (Å²) in [6, 6.07) is 2.09. The van der Waals surface area contributed by atoms with Gasteiger partial charge in [-0.2, -0.15) is 0 Å². The molecule has 0 saturated heterocycles. The maximum Gasteiger partial charge on any atom is 0.339 e. The van der Waals surface area contributed by atoms with Crippen LogP contribution in [-0.4, -0.2) is 30.6 Å². The van der Waals surface area contributed by atoms with E-state index in [4.69, 9.17) is 5.11 Å². The minimum atomic E-state index is -3.78. The van der Waals surface area contributed by atoms with E-state index < -0.39 is 27.3 Å². The van der Waals surface area contributed by atoms with Crippen LogP contribution in [0.25, 0.3) is 0 Å². The van der Waals surface area contributed by atoms with Gasteiger partial charge >= 0.3 is 5.97 Å². The first-order valence-electron chi connectivity index (χ1n) is 6.85. The molecule has 0 radical (unpaired) electrons. The normalized spacial score (nSPS) is 21.2. The quantitative estimate of drug-likeness (QED) is 0.744. The Balaban J connectivity index is 2.28. The van der Waals surface area contributed by atoms with Crippen LogP contribution in [0.1, 0.15) is 42.1 Å². The summed E-state index contributed by atoms with van der Waals surface area (Å²) in [5, 5.41) is 18.5. The van der Waals surface area contributed by atoms with Gasteiger partial charge in [-0.1, -0.05) is 13.3 Å². The van der Waals surface area contributed by atoms with Crippen molar-refractivity contribution in [2.75, 3.05) is 0 Å². The van der Waals surface area contributed by atoms with Crippen molar-refractivity contribution >= 4 is 16.0 Å². The molecule has 1 aliphatic carbocycles. The van der Waals surface area contributed by atoms with Crippen LogP contribution in [0.4, 0.5) is 0 Å². The number of rotatable bonds is 6. The highest BCUT2D eigenvalue weighted by Crippen LogP contribution is 2.36. The van der Waals surface area contributed by atoms with E-state index >= 15 is 0 Å². The van der Waals surface area contributed by atoms with Gasteiger partial charge in [-0.25, -0.2) is 17.9 Å². The molecule has 0 spiro atoms. The lowest BCUT2D eigenvalue weighted by molar-refractivity contribution is 0.0693. The van der Waals surface area contributed by atoms with E-state index in [1.165, 1.54) is 6.92 Å². The van der Waals surface area contributed by atoms with Gasteiger partial charge in [0.25, 0.3) is 0 Å². The Morgan fingerprint density at radius 2 is 2.10 bits per heavy atom. The second-order valence-corrected chi connectivity index (χ2v) is 7.13. The Hall–Kier alpha value is -1.60. The first kappa shape index (κ1) is 15.8. The summed E-state index contributed by atoms with van der Waals surface area (Å²) in [6.07, 6.45) is 2.79. The minimum Gasteiger partial charge on any atom is -0.507 e. The number of carboxylic acid groups (broad SMARTS) is 1. The SMILES string of the molecule is CCCC1CC1NS(=O)(=O)c1cc(C(=O)O)c(O)cc1C. The molecular formula is C14H19NO5S. The molecule has 6 nitrogen and oxygen atoms in total. The Morgan fingerprint density at radius 3 is 2.67 bits per heavy atom. The van der Waals surface area contributed by atoms with Crippen LogP contribution in [0.2, 0.25) is 0 Å². The van der Waals surface area contributed by atoms with Crippen LogP contribution in [0.15, 0.2) is 17.0 Å². The lowest BCUT2D eigenvalue weighted by Gasteiger charge is -2.11.